The van der Waals surface area contributed by atoms with Crippen LogP contribution in [0.3, 0.4) is 0 Å². The van der Waals surface area contributed by atoms with Gasteiger partial charge in [-0.2, -0.15) is 0 Å². The summed E-state index contributed by atoms with van der Waals surface area (Å²) in [6.07, 6.45) is 2.18. The number of carbonyl (C=O) groups is 3. The first kappa shape index (κ1) is 26.9. The average molecular weight is 534 g/mol. The second-order valence-corrected chi connectivity index (χ2v) is 10.2. The molecule has 3 amide bonds. The van der Waals surface area contributed by atoms with E-state index in [-0.39, 0.29) is 11.8 Å². The molecule has 38 heavy (non-hydrogen) atoms. The highest BCUT2D eigenvalue weighted by molar-refractivity contribution is 7.14. The van der Waals surface area contributed by atoms with Crippen LogP contribution >= 0.6 is 11.3 Å². The van der Waals surface area contributed by atoms with E-state index in [0.717, 1.165) is 28.0 Å². The second-order valence-electron chi connectivity index (χ2n) is 9.03. The maximum atomic E-state index is 13.3. The van der Waals surface area contributed by atoms with Crippen molar-refractivity contribution in [3.8, 4) is 5.75 Å². The number of nitrogens with zero attached hydrogens (tertiary/aromatic N) is 1. The molecular weight excluding hydrogens is 502 g/mol. The number of nitrogens with one attached hydrogen (secondary N) is 3. The van der Waals surface area contributed by atoms with E-state index in [1.54, 1.807) is 24.1 Å². The molecule has 4 rings (SSSR count). The van der Waals surface area contributed by atoms with Crippen LogP contribution in [-0.4, -0.2) is 48.5 Å². The number of nitrogens with two attached hydrogens (primary N) is 1. The van der Waals surface area contributed by atoms with Crippen LogP contribution in [0.2, 0.25) is 0 Å². The highest BCUT2D eigenvalue weighted by Gasteiger charge is 2.29. The highest BCUT2D eigenvalue weighted by Crippen LogP contribution is 2.29. The Hall–Kier alpha value is -4.18. The molecule has 1 atom stereocenters. The van der Waals surface area contributed by atoms with Gasteiger partial charge in [0.1, 0.15) is 11.8 Å². The summed E-state index contributed by atoms with van der Waals surface area (Å²) in [6, 6.07) is 13.4. The van der Waals surface area contributed by atoms with Gasteiger partial charge in [-0.1, -0.05) is 19.1 Å². The molecule has 0 bridgehead atoms. The van der Waals surface area contributed by atoms with Crippen molar-refractivity contribution in [1.82, 2.24) is 15.5 Å². The van der Waals surface area contributed by atoms with Gasteiger partial charge in [0.25, 0.3) is 11.8 Å². The van der Waals surface area contributed by atoms with E-state index in [4.69, 9.17) is 15.9 Å². The third-order valence-corrected chi connectivity index (χ3v) is 7.74. The third-order valence-electron chi connectivity index (χ3n) is 6.51. The third kappa shape index (κ3) is 6.03. The van der Waals surface area contributed by atoms with E-state index in [1.807, 2.05) is 37.3 Å². The van der Waals surface area contributed by atoms with Crippen molar-refractivity contribution in [2.75, 3.05) is 19.4 Å². The highest BCUT2D eigenvalue weighted by atomic mass is 32.1. The number of hydrogen-bond acceptors (Lipinski definition) is 7. The number of benzene rings is 2. The molecule has 0 saturated carbocycles. The normalized spacial score (nSPS) is 13.3. The minimum atomic E-state index is -0.686. The van der Waals surface area contributed by atoms with Gasteiger partial charge in [0.15, 0.2) is 0 Å². The number of carbonyl (C=O) groups excluding carboxylic acids is 3. The van der Waals surface area contributed by atoms with Crippen molar-refractivity contribution >= 4 is 41.0 Å². The first-order chi connectivity index (χ1) is 18.3. The molecule has 2 aromatic carbocycles. The Morgan fingerprint density at radius 3 is 2.74 bits per heavy atom. The summed E-state index contributed by atoms with van der Waals surface area (Å²) in [5.74, 6) is 0.0248. The fourth-order valence-corrected chi connectivity index (χ4v) is 5.41. The maximum Gasteiger partial charge on any atom is 0.261 e. The summed E-state index contributed by atoms with van der Waals surface area (Å²) < 4.78 is 5.23. The van der Waals surface area contributed by atoms with E-state index in [9.17, 15) is 14.4 Å². The summed E-state index contributed by atoms with van der Waals surface area (Å²) in [5, 5.41) is 13.2. The van der Waals surface area contributed by atoms with Crippen LogP contribution in [0.1, 0.15) is 54.9 Å². The quantitative estimate of drug-likeness (QED) is 0.247. The van der Waals surface area contributed by atoms with Crippen molar-refractivity contribution in [2.24, 2.45) is 0 Å². The summed E-state index contributed by atoms with van der Waals surface area (Å²) in [7, 11) is 1.60. The van der Waals surface area contributed by atoms with Crippen molar-refractivity contribution < 1.29 is 19.1 Å². The smallest absolute Gasteiger partial charge is 0.261 e. The average Bonchev–Trinajstić information content (AvgIpc) is 3.38. The second kappa shape index (κ2) is 11.9. The molecule has 5 N–H and O–H groups in total. The van der Waals surface area contributed by atoms with Gasteiger partial charge in [0, 0.05) is 47.5 Å². The van der Waals surface area contributed by atoms with Crippen molar-refractivity contribution in [2.45, 2.75) is 38.9 Å². The summed E-state index contributed by atoms with van der Waals surface area (Å²) in [5.41, 5.74) is 8.91. The van der Waals surface area contributed by atoms with Gasteiger partial charge < -0.3 is 31.4 Å². The standard InChI is InChI=1S/C28H31N5O4S/c1-3-23(32-26(34)18-7-8-22(30)19(12-18)14-29)28(36)33-10-9-24-20(16-33)13-25(38-24)27(35)31-15-17-5-4-6-21(11-17)37-2/h4-8,11-14,23,29H,3,9-10,15-16,30H2,1-2H3,(H,31,35)(H,32,34)/t23-/m1/s1. The van der Waals surface area contributed by atoms with Gasteiger partial charge >= 0.3 is 0 Å². The Labute approximate surface area is 225 Å². The van der Waals surface area contributed by atoms with Crippen molar-refractivity contribution in [3.05, 3.63) is 80.5 Å². The molecular formula is C28H31N5O4S. The van der Waals surface area contributed by atoms with Gasteiger partial charge in [0.05, 0.1) is 12.0 Å². The molecule has 0 unspecified atom stereocenters. The molecule has 1 aliphatic heterocycles. The van der Waals surface area contributed by atoms with Gasteiger partial charge in [-0.3, -0.25) is 14.4 Å². The number of anilines is 1. The first-order valence-electron chi connectivity index (χ1n) is 12.3. The van der Waals surface area contributed by atoms with E-state index in [1.165, 1.54) is 17.4 Å². The predicted octanol–water partition coefficient (Wildman–Crippen LogP) is 3.36. The Balaban J connectivity index is 1.38. The Bertz CT molecular complexity index is 1370. The number of thiophene rings is 1. The Morgan fingerprint density at radius 1 is 1.18 bits per heavy atom. The molecule has 1 aromatic heterocycles. The predicted molar refractivity (Wildman–Crippen MR) is 148 cm³/mol. The molecule has 0 spiro atoms. The van der Waals surface area contributed by atoms with Crippen molar-refractivity contribution in [3.63, 3.8) is 0 Å². The molecule has 1 aliphatic rings. The summed E-state index contributed by atoms with van der Waals surface area (Å²) in [4.78, 5) is 42.4. The first-order valence-corrected chi connectivity index (χ1v) is 13.2. The molecule has 2 heterocycles. The number of nitrogen functional groups attached to an aromatic ring is 1. The number of fused-ring (bicyclic) bond motifs is 1. The number of ether oxygens (including phenoxy) is 1. The van der Waals surface area contributed by atoms with Crippen LogP contribution in [0.15, 0.2) is 48.5 Å². The largest absolute Gasteiger partial charge is 0.497 e. The Morgan fingerprint density at radius 2 is 2.00 bits per heavy atom. The fraction of sp³-hybridized carbons (Fsp3) is 0.286. The zero-order chi connectivity index (χ0) is 27.2. The van der Waals surface area contributed by atoms with E-state index < -0.39 is 11.9 Å². The SMILES string of the molecule is CC[C@@H](NC(=O)c1ccc(N)c(C=N)c1)C(=O)N1CCc2sc(C(=O)NCc3cccc(OC)c3)cc2C1. The van der Waals surface area contributed by atoms with Crippen LogP contribution in [0.5, 0.6) is 5.75 Å². The molecule has 0 saturated heterocycles. The zero-order valence-corrected chi connectivity index (χ0v) is 22.2. The number of methoxy groups -OCH3 is 1. The van der Waals surface area contributed by atoms with Gasteiger partial charge in [-0.05, 0) is 60.4 Å². The lowest BCUT2D eigenvalue weighted by atomic mass is 10.1. The van der Waals surface area contributed by atoms with E-state index in [0.29, 0.717) is 54.2 Å². The zero-order valence-electron chi connectivity index (χ0n) is 21.4. The molecule has 0 aliphatic carbocycles. The Kier molecular flexibility index (Phi) is 8.42. The lowest BCUT2D eigenvalue weighted by Gasteiger charge is -2.30. The maximum absolute atomic E-state index is 13.3. The number of hydrogen-bond donors (Lipinski definition) is 4. The molecule has 9 nitrogen and oxygen atoms in total. The van der Waals surface area contributed by atoms with E-state index in [2.05, 4.69) is 10.6 Å². The number of rotatable bonds is 9. The van der Waals surface area contributed by atoms with Gasteiger partial charge in [-0.25, -0.2) is 0 Å². The topological polar surface area (TPSA) is 138 Å². The molecule has 10 heteroatoms. The van der Waals surface area contributed by atoms with E-state index >= 15 is 0 Å². The van der Waals surface area contributed by atoms with Crippen LogP contribution in [-0.2, 0) is 24.3 Å². The van der Waals surface area contributed by atoms with Gasteiger partial charge in [-0.15, -0.1) is 11.3 Å². The van der Waals surface area contributed by atoms with Crippen LogP contribution in [0.25, 0.3) is 0 Å². The monoisotopic (exact) mass is 533 g/mol. The molecule has 0 radical (unpaired) electrons. The summed E-state index contributed by atoms with van der Waals surface area (Å²) in [6.45, 7) is 3.14. The van der Waals surface area contributed by atoms with Crippen LogP contribution in [0.4, 0.5) is 5.69 Å². The fourth-order valence-electron chi connectivity index (χ4n) is 4.33. The summed E-state index contributed by atoms with van der Waals surface area (Å²) >= 11 is 1.45. The molecule has 198 valence electrons. The minimum Gasteiger partial charge on any atom is -0.497 e. The lowest BCUT2D eigenvalue weighted by molar-refractivity contribution is -0.134. The van der Waals surface area contributed by atoms with Crippen LogP contribution < -0.4 is 21.1 Å². The van der Waals surface area contributed by atoms with Crippen molar-refractivity contribution in [1.29, 1.82) is 5.41 Å². The molecule has 3 aromatic rings. The molecule has 0 fully saturated rings. The number of amides is 3. The van der Waals surface area contributed by atoms with Crippen LogP contribution in [0, 0.1) is 5.41 Å². The van der Waals surface area contributed by atoms with Gasteiger partial charge in [0.2, 0.25) is 5.91 Å². The lowest BCUT2D eigenvalue weighted by Crippen LogP contribution is -2.49. The minimum absolute atomic E-state index is 0.156.